The Kier molecular flexibility index (Phi) is 4.55. The molecule has 7 heteroatoms. The third-order valence-electron chi connectivity index (χ3n) is 4.17. The second-order valence-electron chi connectivity index (χ2n) is 6.11. The van der Waals surface area contributed by atoms with Gasteiger partial charge in [0, 0.05) is 11.6 Å². The minimum atomic E-state index is -0.441. The molecule has 0 N–H and O–H groups in total. The van der Waals surface area contributed by atoms with Crippen LogP contribution in [0.5, 0.6) is 0 Å². The van der Waals surface area contributed by atoms with E-state index in [4.69, 9.17) is 0 Å². The van der Waals surface area contributed by atoms with E-state index in [-0.39, 0.29) is 23.4 Å². The van der Waals surface area contributed by atoms with E-state index in [9.17, 15) is 13.6 Å². The zero-order valence-corrected chi connectivity index (χ0v) is 14.5. The van der Waals surface area contributed by atoms with Gasteiger partial charge in [-0.15, -0.1) is 10.2 Å². The van der Waals surface area contributed by atoms with Gasteiger partial charge in [-0.25, -0.2) is 8.78 Å². The third-order valence-corrected chi connectivity index (χ3v) is 5.11. The van der Waals surface area contributed by atoms with Crippen LogP contribution in [0.4, 0.5) is 8.78 Å². The molecule has 1 heterocycles. The average Bonchev–Trinajstić information content (AvgIpc) is 3.40. The topological polar surface area (TPSA) is 47.8 Å². The largest absolute Gasteiger partial charge is 0.299 e. The molecule has 1 aliphatic rings. The van der Waals surface area contributed by atoms with E-state index in [1.54, 1.807) is 24.3 Å². The summed E-state index contributed by atoms with van der Waals surface area (Å²) in [6.07, 6.45) is 1.95. The normalized spacial score (nSPS) is 13.8. The summed E-state index contributed by atoms with van der Waals surface area (Å²) in [7, 11) is 0. The van der Waals surface area contributed by atoms with Crippen LogP contribution >= 0.6 is 11.8 Å². The molecular weight excluding hydrogens is 356 g/mol. The first-order chi connectivity index (χ1) is 12.6. The molecule has 0 bridgehead atoms. The molecule has 0 saturated heterocycles. The lowest BCUT2D eigenvalue weighted by Crippen LogP contribution is -2.05. The Balaban J connectivity index is 1.58. The number of benzene rings is 2. The summed E-state index contributed by atoms with van der Waals surface area (Å²) in [6, 6.07) is 12.3. The highest BCUT2D eigenvalue weighted by atomic mass is 32.2. The van der Waals surface area contributed by atoms with Gasteiger partial charge in [-0.2, -0.15) is 0 Å². The summed E-state index contributed by atoms with van der Waals surface area (Å²) in [5.41, 5.74) is 0.722. The number of aromatic nitrogens is 3. The van der Waals surface area contributed by atoms with Gasteiger partial charge >= 0.3 is 0 Å². The second kappa shape index (κ2) is 6.99. The Hall–Kier alpha value is -2.54. The molecule has 0 atom stereocenters. The van der Waals surface area contributed by atoms with E-state index in [0.29, 0.717) is 22.1 Å². The second-order valence-corrected chi connectivity index (χ2v) is 7.05. The predicted molar refractivity (Wildman–Crippen MR) is 95.1 cm³/mol. The Morgan fingerprint density at radius 3 is 2.65 bits per heavy atom. The number of halogens is 2. The molecule has 1 aliphatic carbocycles. The Morgan fingerprint density at radius 1 is 1.12 bits per heavy atom. The number of ketones is 1. The lowest BCUT2D eigenvalue weighted by Gasteiger charge is -2.09. The van der Waals surface area contributed by atoms with Crippen molar-refractivity contribution in [2.45, 2.75) is 24.0 Å². The molecular formula is C19H15F2N3OS. The van der Waals surface area contributed by atoms with Crippen LogP contribution in [0.25, 0.3) is 11.4 Å². The van der Waals surface area contributed by atoms with Crippen molar-refractivity contribution < 1.29 is 13.6 Å². The molecule has 0 aliphatic heterocycles. The van der Waals surface area contributed by atoms with Crippen molar-refractivity contribution in [1.29, 1.82) is 0 Å². The molecule has 4 nitrogen and oxygen atoms in total. The first kappa shape index (κ1) is 16.9. The van der Waals surface area contributed by atoms with Gasteiger partial charge < -0.3 is 0 Å². The summed E-state index contributed by atoms with van der Waals surface area (Å²) in [5.74, 6) is -0.386. The van der Waals surface area contributed by atoms with Crippen LogP contribution in [0.3, 0.4) is 0 Å². The Morgan fingerprint density at radius 2 is 1.92 bits per heavy atom. The van der Waals surface area contributed by atoms with Gasteiger partial charge in [0.2, 0.25) is 0 Å². The van der Waals surface area contributed by atoms with Crippen LogP contribution < -0.4 is 0 Å². The van der Waals surface area contributed by atoms with Crippen molar-refractivity contribution in [1.82, 2.24) is 14.8 Å². The fourth-order valence-electron chi connectivity index (χ4n) is 2.74. The van der Waals surface area contributed by atoms with Crippen molar-refractivity contribution in [2.24, 2.45) is 0 Å². The number of carbonyl (C=O) groups is 1. The van der Waals surface area contributed by atoms with Crippen LogP contribution in [0, 0.1) is 11.6 Å². The first-order valence-corrected chi connectivity index (χ1v) is 9.23. The summed E-state index contributed by atoms with van der Waals surface area (Å²) >= 11 is 1.24. The number of rotatable bonds is 6. The maximum Gasteiger partial charge on any atom is 0.192 e. The third kappa shape index (κ3) is 3.39. The smallest absolute Gasteiger partial charge is 0.192 e. The van der Waals surface area contributed by atoms with Gasteiger partial charge in [0.1, 0.15) is 11.6 Å². The quantitative estimate of drug-likeness (QED) is 0.472. The van der Waals surface area contributed by atoms with E-state index in [0.717, 1.165) is 12.8 Å². The molecule has 1 fully saturated rings. The van der Waals surface area contributed by atoms with Crippen LogP contribution in [0.2, 0.25) is 0 Å². The van der Waals surface area contributed by atoms with Crippen molar-refractivity contribution in [2.75, 3.05) is 5.75 Å². The standard InChI is InChI=1S/C19H15F2N3OS/c20-13-5-3-4-12(10-13)17(25)11-26-19-23-22-18(24(19)14-8-9-14)15-6-1-2-7-16(15)21/h1-7,10,14H,8-9,11H2. The highest BCUT2D eigenvalue weighted by Crippen LogP contribution is 2.41. The monoisotopic (exact) mass is 371 g/mol. The zero-order valence-electron chi connectivity index (χ0n) is 13.7. The lowest BCUT2D eigenvalue weighted by atomic mass is 10.1. The zero-order chi connectivity index (χ0) is 18.1. The number of hydrogen-bond acceptors (Lipinski definition) is 4. The van der Waals surface area contributed by atoms with Crippen LogP contribution in [0.1, 0.15) is 29.2 Å². The summed E-state index contributed by atoms with van der Waals surface area (Å²) in [5, 5.41) is 8.89. The first-order valence-electron chi connectivity index (χ1n) is 8.25. The molecule has 0 radical (unpaired) electrons. The number of nitrogens with zero attached hydrogens (tertiary/aromatic N) is 3. The highest BCUT2D eigenvalue weighted by Gasteiger charge is 2.31. The number of Topliss-reactive ketones (excluding diaryl/α,β-unsaturated/α-hetero) is 1. The van der Waals surface area contributed by atoms with E-state index in [1.807, 2.05) is 4.57 Å². The molecule has 0 unspecified atom stereocenters. The molecule has 132 valence electrons. The number of carbonyl (C=O) groups excluding carboxylic acids is 1. The summed E-state index contributed by atoms with van der Waals surface area (Å²) in [4.78, 5) is 12.3. The van der Waals surface area contributed by atoms with Crippen molar-refractivity contribution in [3.8, 4) is 11.4 Å². The summed E-state index contributed by atoms with van der Waals surface area (Å²) in [6.45, 7) is 0. The Labute approximate surface area is 153 Å². The van der Waals surface area contributed by atoms with Gasteiger partial charge in [-0.3, -0.25) is 9.36 Å². The fourth-order valence-corrected chi connectivity index (χ4v) is 3.64. The maximum atomic E-state index is 14.1. The van der Waals surface area contributed by atoms with E-state index in [2.05, 4.69) is 10.2 Å². The van der Waals surface area contributed by atoms with Crippen molar-refractivity contribution >= 4 is 17.5 Å². The van der Waals surface area contributed by atoms with E-state index in [1.165, 1.54) is 36.0 Å². The van der Waals surface area contributed by atoms with E-state index >= 15 is 0 Å². The number of thioether (sulfide) groups is 1. The predicted octanol–water partition coefficient (Wildman–Crippen LogP) is 4.53. The molecule has 3 aromatic rings. The van der Waals surface area contributed by atoms with Gasteiger partial charge in [0.05, 0.1) is 11.3 Å². The van der Waals surface area contributed by atoms with Gasteiger partial charge in [0.25, 0.3) is 0 Å². The Bertz CT molecular complexity index is 969. The number of hydrogen-bond donors (Lipinski definition) is 0. The molecule has 4 rings (SSSR count). The van der Waals surface area contributed by atoms with Crippen LogP contribution in [-0.4, -0.2) is 26.3 Å². The van der Waals surface area contributed by atoms with Crippen LogP contribution in [0.15, 0.2) is 53.7 Å². The summed E-state index contributed by atoms with van der Waals surface area (Å²) < 4.78 is 29.3. The fraction of sp³-hybridized carbons (Fsp3) is 0.211. The van der Waals surface area contributed by atoms with Gasteiger partial charge in [-0.1, -0.05) is 36.0 Å². The molecule has 1 aromatic heterocycles. The SMILES string of the molecule is O=C(CSc1nnc(-c2ccccc2F)n1C1CC1)c1cccc(F)c1. The molecule has 0 amide bonds. The minimum absolute atomic E-state index is 0.117. The lowest BCUT2D eigenvalue weighted by molar-refractivity contribution is 0.102. The highest BCUT2D eigenvalue weighted by molar-refractivity contribution is 7.99. The van der Waals surface area contributed by atoms with Crippen LogP contribution in [-0.2, 0) is 0 Å². The minimum Gasteiger partial charge on any atom is -0.299 e. The van der Waals surface area contributed by atoms with Crippen molar-refractivity contribution in [3.05, 3.63) is 65.7 Å². The molecule has 2 aromatic carbocycles. The molecule has 0 spiro atoms. The average molecular weight is 371 g/mol. The van der Waals surface area contributed by atoms with Gasteiger partial charge in [-0.05, 0) is 37.1 Å². The molecule has 26 heavy (non-hydrogen) atoms. The van der Waals surface area contributed by atoms with Crippen molar-refractivity contribution in [3.63, 3.8) is 0 Å². The van der Waals surface area contributed by atoms with E-state index < -0.39 is 5.82 Å². The van der Waals surface area contributed by atoms with Gasteiger partial charge in [0.15, 0.2) is 16.8 Å². The maximum absolute atomic E-state index is 14.1. The molecule has 1 saturated carbocycles.